The zero-order valence-corrected chi connectivity index (χ0v) is 16.7. The van der Waals surface area contributed by atoms with Gasteiger partial charge in [0, 0.05) is 11.8 Å². The smallest absolute Gasteiger partial charge is 0.127 e. The third kappa shape index (κ3) is 5.17. The second-order valence-corrected chi connectivity index (χ2v) is 8.12. The van der Waals surface area contributed by atoms with Crippen LogP contribution >= 0.6 is 8.58 Å². The molecular formula is C23H26NOP. The lowest BCUT2D eigenvalue weighted by Gasteiger charge is -2.17. The van der Waals surface area contributed by atoms with Crippen LogP contribution < -0.4 is 15.3 Å². The molecule has 0 aliphatic carbocycles. The molecule has 0 saturated heterocycles. The van der Waals surface area contributed by atoms with E-state index in [1.165, 1.54) is 27.3 Å². The van der Waals surface area contributed by atoms with Gasteiger partial charge in [-0.3, -0.25) is 0 Å². The van der Waals surface area contributed by atoms with Crippen molar-refractivity contribution in [1.29, 1.82) is 0 Å². The van der Waals surface area contributed by atoms with Gasteiger partial charge in [-0.15, -0.1) is 0 Å². The molecule has 0 radical (unpaired) electrons. The van der Waals surface area contributed by atoms with Gasteiger partial charge >= 0.3 is 0 Å². The first-order valence-electron chi connectivity index (χ1n) is 8.89. The molecule has 0 aromatic heterocycles. The van der Waals surface area contributed by atoms with E-state index >= 15 is 0 Å². The molecule has 1 unspecified atom stereocenters. The molecule has 3 heteroatoms. The summed E-state index contributed by atoms with van der Waals surface area (Å²) in [4.78, 5) is 2.22. The molecule has 0 spiro atoms. The molecule has 0 fully saturated rings. The Bertz CT molecular complexity index is 846. The summed E-state index contributed by atoms with van der Waals surface area (Å²) in [5.74, 6) is 0.978. The van der Waals surface area contributed by atoms with Crippen LogP contribution in [0.2, 0.25) is 0 Å². The zero-order valence-electron chi connectivity index (χ0n) is 15.7. The minimum Gasteiger partial charge on any atom is -0.488 e. The quantitative estimate of drug-likeness (QED) is 0.582. The van der Waals surface area contributed by atoms with Gasteiger partial charge in [-0.05, 0) is 43.5 Å². The van der Waals surface area contributed by atoms with E-state index in [-0.39, 0.29) is 0 Å². The van der Waals surface area contributed by atoms with Crippen molar-refractivity contribution >= 4 is 19.2 Å². The fraction of sp³-hybridized carbons (Fsp3) is 0.217. The van der Waals surface area contributed by atoms with E-state index in [0.29, 0.717) is 15.2 Å². The molecule has 134 valence electrons. The van der Waals surface area contributed by atoms with Gasteiger partial charge in [-0.2, -0.15) is 0 Å². The Morgan fingerprint density at radius 1 is 0.846 bits per heavy atom. The maximum atomic E-state index is 6.14. The van der Waals surface area contributed by atoms with Gasteiger partial charge < -0.3 is 9.64 Å². The van der Waals surface area contributed by atoms with E-state index < -0.39 is 0 Å². The molecular weight excluding hydrogens is 337 g/mol. The third-order valence-electron chi connectivity index (χ3n) is 4.14. The van der Waals surface area contributed by atoms with Crippen LogP contribution in [-0.2, 0) is 13.2 Å². The number of hydrogen-bond donors (Lipinski definition) is 0. The summed E-state index contributed by atoms with van der Waals surface area (Å²) in [7, 11) is 4.82. The highest BCUT2D eigenvalue weighted by Crippen LogP contribution is 2.22. The number of nitrogens with zero attached hydrogens (tertiary/aromatic N) is 1. The maximum Gasteiger partial charge on any atom is 0.127 e. The lowest BCUT2D eigenvalue weighted by molar-refractivity contribution is 0.309. The third-order valence-corrected chi connectivity index (χ3v) is 5.58. The topological polar surface area (TPSA) is 12.5 Å². The molecule has 1 atom stereocenters. The van der Waals surface area contributed by atoms with E-state index in [4.69, 9.17) is 4.74 Å². The van der Waals surface area contributed by atoms with Crippen LogP contribution in [0.1, 0.15) is 16.7 Å². The largest absolute Gasteiger partial charge is 0.488 e. The molecule has 0 bridgehead atoms. The van der Waals surface area contributed by atoms with Crippen LogP contribution in [0.15, 0.2) is 72.8 Å². The molecule has 0 heterocycles. The molecule has 2 nitrogen and oxygen atoms in total. The fourth-order valence-electron chi connectivity index (χ4n) is 2.89. The van der Waals surface area contributed by atoms with Crippen molar-refractivity contribution in [2.45, 2.75) is 20.1 Å². The number of aryl methyl sites for hydroxylation is 1. The highest BCUT2D eigenvalue weighted by molar-refractivity contribution is 7.55. The molecule has 3 aromatic carbocycles. The Labute approximate surface area is 158 Å². The van der Waals surface area contributed by atoms with E-state index in [9.17, 15) is 0 Å². The number of para-hydroxylation sites is 1. The lowest BCUT2D eigenvalue weighted by Crippen LogP contribution is -2.18. The molecule has 3 rings (SSSR count). The molecule has 0 aliphatic rings. The van der Waals surface area contributed by atoms with Gasteiger partial charge in [0.15, 0.2) is 0 Å². The average molecular weight is 363 g/mol. The summed E-state index contributed by atoms with van der Waals surface area (Å²) >= 11 is 0. The summed E-state index contributed by atoms with van der Waals surface area (Å²) in [6, 6.07) is 25.5. The average Bonchev–Trinajstić information content (AvgIpc) is 2.63. The van der Waals surface area contributed by atoms with Crippen molar-refractivity contribution in [2.24, 2.45) is 0 Å². The number of ether oxygens (including phenoxy) is 1. The summed E-state index contributed by atoms with van der Waals surface area (Å²) in [6.07, 6.45) is 0. The van der Waals surface area contributed by atoms with Crippen LogP contribution in [0.25, 0.3) is 0 Å². The molecule has 0 aliphatic heterocycles. The predicted octanol–water partition coefficient (Wildman–Crippen LogP) is 4.26. The van der Waals surface area contributed by atoms with Gasteiger partial charge in [-0.1, -0.05) is 80.9 Å². The Kier molecular flexibility index (Phi) is 6.44. The summed E-state index contributed by atoms with van der Waals surface area (Å²) in [5, 5.41) is 2.65. The van der Waals surface area contributed by atoms with Gasteiger partial charge in [0.1, 0.15) is 12.4 Å². The van der Waals surface area contributed by atoms with Crippen molar-refractivity contribution in [3.8, 4) is 5.75 Å². The highest BCUT2D eigenvalue weighted by Gasteiger charge is 2.09. The van der Waals surface area contributed by atoms with Crippen molar-refractivity contribution in [2.75, 3.05) is 14.1 Å². The number of hydrogen-bond acceptors (Lipinski definition) is 2. The van der Waals surface area contributed by atoms with Crippen LogP contribution in [0, 0.1) is 6.92 Å². The standard InChI is InChI=1S/C23H26NOP/c1-18-13-14-22(20(15-18)16-24(2)3)26-23-12-8-7-11-21(23)25-17-19-9-5-4-6-10-19/h4-15,26H,16-17H2,1-3H3. The first-order valence-corrected chi connectivity index (χ1v) is 9.89. The van der Waals surface area contributed by atoms with Crippen molar-refractivity contribution in [3.63, 3.8) is 0 Å². The minimum absolute atomic E-state index is 0.586. The Hall–Kier alpha value is -2.15. The monoisotopic (exact) mass is 363 g/mol. The number of rotatable bonds is 7. The predicted molar refractivity (Wildman–Crippen MR) is 113 cm³/mol. The van der Waals surface area contributed by atoms with Crippen molar-refractivity contribution in [3.05, 3.63) is 89.5 Å². The summed E-state index contributed by atoms with van der Waals surface area (Å²) in [6.45, 7) is 3.71. The SMILES string of the molecule is Cc1ccc(Pc2ccccc2OCc2ccccc2)c(CN(C)C)c1. The normalized spacial score (nSPS) is 11.4. The van der Waals surface area contributed by atoms with E-state index in [1.807, 2.05) is 24.3 Å². The van der Waals surface area contributed by atoms with Gasteiger partial charge in [0.05, 0.1) is 0 Å². The zero-order chi connectivity index (χ0) is 18.4. The van der Waals surface area contributed by atoms with Crippen LogP contribution in [0.4, 0.5) is 0 Å². The second-order valence-electron chi connectivity index (χ2n) is 6.79. The maximum absolute atomic E-state index is 6.14. The minimum atomic E-state index is 0.586. The lowest BCUT2D eigenvalue weighted by atomic mass is 10.1. The Morgan fingerprint density at radius 2 is 1.58 bits per heavy atom. The highest BCUT2D eigenvalue weighted by atomic mass is 31.1. The van der Waals surface area contributed by atoms with E-state index in [2.05, 4.69) is 74.4 Å². The van der Waals surface area contributed by atoms with E-state index in [1.54, 1.807) is 0 Å². The van der Waals surface area contributed by atoms with E-state index in [0.717, 1.165) is 12.3 Å². The summed E-state index contributed by atoms with van der Waals surface area (Å²) in [5.41, 5.74) is 3.89. The number of benzene rings is 3. The van der Waals surface area contributed by atoms with Crippen molar-refractivity contribution in [1.82, 2.24) is 4.90 Å². The van der Waals surface area contributed by atoms with Crippen LogP contribution in [0.3, 0.4) is 0 Å². The Morgan fingerprint density at radius 3 is 2.35 bits per heavy atom. The van der Waals surface area contributed by atoms with Gasteiger partial charge in [-0.25, -0.2) is 0 Å². The van der Waals surface area contributed by atoms with Crippen LogP contribution in [-0.4, -0.2) is 19.0 Å². The Balaban J connectivity index is 1.80. The first-order chi connectivity index (χ1) is 12.6. The van der Waals surface area contributed by atoms with Gasteiger partial charge in [0.25, 0.3) is 0 Å². The first kappa shape index (κ1) is 18.6. The summed E-state index contributed by atoms with van der Waals surface area (Å²) < 4.78 is 6.14. The molecule has 26 heavy (non-hydrogen) atoms. The molecule has 0 N–H and O–H groups in total. The fourth-order valence-corrected chi connectivity index (χ4v) is 4.12. The molecule has 3 aromatic rings. The second kappa shape index (κ2) is 8.98. The molecule has 0 saturated carbocycles. The van der Waals surface area contributed by atoms with Gasteiger partial charge in [0.2, 0.25) is 0 Å². The van der Waals surface area contributed by atoms with Crippen molar-refractivity contribution < 1.29 is 4.74 Å². The van der Waals surface area contributed by atoms with Crippen LogP contribution in [0.5, 0.6) is 5.75 Å². The molecule has 0 amide bonds.